The summed E-state index contributed by atoms with van der Waals surface area (Å²) in [5, 5.41) is 10.5. The van der Waals surface area contributed by atoms with Gasteiger partial charge in [-0.05, 0) is 66.6 Å². The van der Waals surface area contributed by atoms with Crippen LogP contribution in [0.4, 0.5) is 26.4 Å². The summed E-state index contributed by atoms with van der Waals surface area (Å²) in [5.74, 6) is 0.725. The fourth-order valence-electron chi connectivity index (χ4n) is 5.05. The van der Waals surface area contributed by atoms with Crippen molar-refractivity contribution in [1.29, 1.82) is 0 Å². The monoisotopic (exact) mass is 579 g/mol. The number of ketones is 1. The number of hydrogen-bond acceptors (Lipinski definition) is 7. The lowest BCUT2D eigenvalue weighted by molar-refractivity contribution is -0.116. The highest BCUT2D eigenvalue weighted by Crippen LogP contribution is 2.32. The van der Waals surface area contributed by atoms with Crippen LogP contribution < -0.4 is 15.5 Å². The van der Waals surface area contributed by atoms with E-state index in [1.165, 1.54) is 19.1 Å². The van der Waals surface area contributed by atoms with E-state index in [0.29, 0.717) is 30.3 Å². The average Bonchev–Trinajstić information content (AvgIpc) is 3.44. The number of urea groups is 1. The van der Waals surface area contributed by atoms with Gasteiger partial charge in [0.1, 0.15) is 17.4 Å². The molecule has 0 aliphatic carbocycles. The molecular weight excluding hydrogens is 549 g/mol. The van der Waals surface area contributed by atoms with Crippen LogP contribution in [0.1, 0.15) is 12.5 Å². The molecule has 2 N–H and O–H groups in total. The fourth-order valence-corrected chi connectivity index (χ4v) is 5.05. The second-order valence-electron chi connectivity index (χ2n) is 10.5. The fraction of sp³-hybridized carbons (Fsp3) is 0.219. The first kappa shape index (κ1) is 28.0. The van der Waals surface area contributed by atoms with E-state index in [-0.39, 0.29) is 17.9 Å². The molecule has 0 atom stereocenters. The molecule has 5 aromatic rings. The van der Waals surface area contributed by atoms with Crippen LogP contribution in [-0.4, -0.2) is 57.9 Å². The van der Waals surface area contributed by atoms with Gasteiger partial charge >= 0.3 is 6.03 Å². The number of aryl methyl sites for hydroxylation is 1. The second kappa shape index (κ2) is 12.0. The number of hydrogen-bond donors (Lipinski definition) is 2. The number of ether oxygens (including phenoxy) is 1. The molecule has 1 aliphatic heterocycles. The minimum Gasteiger partial charge on any atom is -0.378 e. The zero-order chi connectivity index (χ0) is 29.9. The minimum atomic E-state index is -0.611. The maximum Gasteiger partial charge on any atom is 0.323 e. The van der Waals surface area contributed by atoms with Crippen molar-refractivity contribution >= 4 is 39.9 Å². The number of benzene rings is 3. The highest BCUT2D eigenvalue weighted by molar-refractivity contribution is 6.00. The molecule has 0 unspecified atom stereocenters. The number of amides is 2. The van der Waals surface area contributed by atoms with Crippen molar-refractivity contribution in [3.05, 3.63) is 84.4 Å². The van der Waals surface area contributed by atoms with Gasteiger partial charge in [-0.15, -0.1) is 0 Å². The van der Waals surface area contributed by atoms with Gasteiger partial charge in [-0.1, -0.05) is 12.1 Å². The summed E-state index contributed by atoms with van der Waals surface area (Å²) in [6, 6.07) is 17.0. The number of fused-ring (bicyclic) bond motifs is 1. The number of aromatic nitrogens is 4. The van der Waals surface area contributed by atoms with Crippen molar-refractivity contribution in [3.8, 4) is 22.5 Å². The summed E-state index contributed by atoms with van der Waals surface area (Å²) < 4.78 is 21.8. The number of nitrogens with zero attached hydrogens (tertiary/aromatic N) is 5. The van der Waals surface area contributed by atoms with Gasteiger partial charge in [-0.25, -0.2) is 19.2 Å². The molecule has 0 saturated carbocycles. The summed E-state index contributed by atoms with van der Waals surface area (Å²) in [7, 11) is 1.89. The van der Waals surface area contributed by atoms with E-state index in [9.17, 15) is 14.0 Å². The van der Waals surface area contributed by atoms with E-state index in [1.807, 2.05) is 37.6 Å². The van der Waals surface area contributed by atoms with Crippen molar-refractivity contribution in [2.75, 3.05) is 41.8 Å². The molecule has 0 spiro atoms. The SMILES string of the molecule is CC(=O)Cc1ccc(NC(=O)Nc2ccc(-c3nc(N4CCOCC4)c4ccc(-c5cnn(C)c5)cc4n3)cc2)c(F)c1. The van der Waals surface area contributed by atoms with Crippen molar-refractivity contribution in [2.24, 2.45) is 7.05 Å². The molecule has 11 heteroatoms. The normalized spacial score (nSPS) is 13.2. The Balaban J connectivity index is 1.24. The predicted molar refractivity (Wildman–Crippen MR) is 164 cm³/mol. The Labute approximate surface area is 247 Å². The number of rotatable bonds is 7. The van der Waals surface area contributed by atoms with Crippen LogP contribution in [0.2, 0.25) is 0 Å². The van der Waals surface area contributed by atoms with E-state index >= 15 is 0 Å². The summed E-state index contributed by atoms with van der Waals surface area (Å²) in [4.78, 5) is 36.0. The number of anilines is 3. The molecule has 218 valence electrons. The van der Waals surface area contributed by atoms with Gasteiger partial charge in [0, 0.05) is 55.0 Å². The summed E-state index contributed by atoms with van der Waals surface area (Å²) in [6.07, 6.45) is 3.92. The molecular formula is C32H30FN7O3. The number of halogens is 1. The molecule has 6 rings (SSSR count). The molecule has 10 nitrogen and oxygen atoms in total. The molecule has 2 amide bonds. The first-order valence-electron chi connectivity index (χ1n) is 13.9. The Hall–Kier alpha value is -5.16. The summed E-state index contributed by atoms with van der Waals surface area (Å²) in [5.41, 5.74) is 4.68. The lowest BCUT2D eigenvalue weighted by Gasteiger charge is -2.29. The van der Waals surface area contributed by atoms with E-state index in [0.717, 1.165) is 46.5 Å². The zero-order valence-electron chi connectivity index (χ0n) is 23.8. The van der Waals surface area contributed by atoms with Gasteiger partial charge < -0.3 is 20.3 Å². The number of nitrogens with one attached hydrogen (secondary N) is 2. The van der Waals surface area contributed by atoms with Crippen LogP contribution in [-0.2, 0) is 23.0 Å². The molecule has 0 radical (unpaired) electrons. The third-order valence-electron chi connectivity index (χ3n) is 7.16. The van der Waals surface area contributed by atoms with Crippen LogP contribution in [0.3, 0.4) is 0 Å². The van der Waals surface area contributed by atoms with Gasteiger partial charge in [-0.3, -0.25) is 9.48 Å². The molecule has 3 aromatic carbocycles. The average molecular weight is 580 g/mol. The van der Waals surface area contributed by atoms with Crippen LogP contribution in [0.15, 0.2) is 73.1 Å². The summed E-state index contributed by atoms with van der Waals surface area (Å²) in [6.45, 7) is 4.16. The minimum absolute atomic E-state index is 0.0206. The van der Waals surface area contributed by atoms with Crippen LogP contribution in [0, 0.1) is 5.82 Å². The highest BCUT2D eigenvalue weighted by Gasteiger charge is 2.19. The predicted octanol–water partition coefficient (Wildman–Crippen LogP) is 5.45. The maximum atomic E-state index is 14.5. The molecule has 1 saturated heterocycles. The van der Waals surface area contributed by atoms with E-state index in [1.54, 1.807) is 22.9 Å². The van der Waals surface area contributed by atoms with Crippen LogP contribution in [0.5, 0.6) is 0 Å². The van der Waals surface area contributed by atoms with Gasteiger partial charge in [0.05, 0.1) is 30.6 Å². The third kappa shape index (κ3) is 6.36. The lowest BCUT2D eigenvalue weighted by Crippen LogP contribution is -2.37. The van der Waals surface area contributed by atoms with Gasteiger partial charge in [-0.2, -0.15) is 5.10 Å². The molecule has 3 heterocycles. The maximum absolute atomic E-state index is 14.5. The first-order chi connectivity index (χ1) is 20.8. The van der Waals surface area contributed by atoms with E-state index in [2.05, 4.69) is 32.8 Å². The lowest BCUT2D eigenvalue weighted by atomic mass is 10.1. The van der Waals surface area contributed by atoms with Crippen LogP contribution in [0.25, 0.3) is 33.4 Å². The Morgan fingerprint density at radius 2 is 1.70 bits per heavy atom. The van der Waals surface area contributed by atoms with E-state index < -0.39 is 11.8 Å². The Morgan fingerprint density at radius 3 is 2.40 bits per heavy atom. The van der Waals surface area contributed by atoms with Gasteiger partial charge in [0.15, 0.2) is 5.82 Å². The zero-order valence-corrected chi connectivity index (χ0v) is 23.8. The highest BCUT2D eigenvalue weighted by atomic mass is 19.1. The molecule has 0 bridgehead atoms. The quantitative estimate of drug-likeness (QED) is 0.264. The Bertz CT molecular complexity index is 1810. The topological polar surface area (TPSA) is 114 Å². The molecule has 43 heavy (non-hydrogen) atoms. The molecule has 1 fully saturated rings. The number of carbonyl (C=O) groups excluding carboxylic acids is 2. The number of carbonyl (C=O) groups is 2. The number of Topliss-reactive ketones (excluding diaryl/α,β-unsaturated/α-hetero) is 1. The summed E-state index contributed by atoms with van der Waals surface area (Å²) >= 11 is 0. The van der Waals surface area contributed by atoms with Crippen molar-refractivity contribution in [1.82, 2.24) is 19.7 Å². The molecule has 1 aliphatic rings. The van der Waals surface area contributed by atoms with E-state index in [4.69, 9.17) is 14.7 Å². The second-order valence-corrected chi connectivity index (χ2v) is 10.5. The third-order valence-corrected chi connectivity index (χ3v) is 7.16. The van der Waals surface area contributed by atoms with Crippen LogP contribution >= 0.6 is 0 Å². The van der Waals surface area contributed by atoms with Crippen molar-refractivity contribution < 1.29 is 18.7 Å². The smallest absolute Gasteiger partial charge is 0.323 e. The standard InChI is InChI=1S/C32H30FN7O3/c1-20(41)15-21-3-10-28(27(33)16-21)37-32(42)35-25-7-4-22(5-8-25)30-36-29-17-23(24-18-34-39(2)19-24)6-9-26(29)31(38-30)40-11-13-43-14-12-40/h3-10,16-19H,11-15H2,1-2H3,(H2,35,37,42). The Morgan fingerprint density at radius 1 is 0.930 bits per heavy atom. The van der Waals surface area contributed by atoms with Gasteiger partial charge in [0.25, 0.3) is 0 Å². The largest absolute Gasteiger partial charge is 0.378 e. The molecule has 2 aromatic heterocycles. The number of morpholine rings is 1. The van der Waals surface area contributed by atoms with Crippen molar-refractivity contribution in [2.45, 2.75) is 13.3 Å². The van der Waals surface area contributed by atoms with Gasteiger partial charge in [0.2, 0.25) is 0 Å². The van der Waals surface area contributed by atoms with Crippen molar-refractivity contribution in [3.63, 3.8) is 0 Å². The Kier molecular flexibility index (Phi) is 7.80. The first-order valence-corrected chi connectivity index (χ1v) is 13.9.